The Labute approximate surface area is 135 Å². The van der Waals surface area contributed by atoms with Crippen LogP contribution >= 0.6 is 0 Å². The summed E-state index contributed by atoms with van der Waals surface area (Å²) < 4.78 is 5.23. The van der Waals surface area contributed by atoms with E-state index in [-0.39, 0.29) is 5.41 Å². The van der Waals surface area contributed by atoms with Crippen molar-refractivity contribution in [3.63, 3.8) is 0 Å². The van der Waals surface area contributed by atoms with Crippen molar-refractivity contribution in [2.45, 2.75) is 73.0 Å². The summed E-state index contributed by atoms with van der Waals surface area (Å²) in [6.07, 6.45) is -0.417. The number of carbonyl (C=O) groups is 1. The first-order valence-corrected chi connectivity index (χ1v) is 7.85. The molecule has 1 aromatic rings. The van der Waals surface area contributed by atoms with E-state index in [9.17, 15) is 4.79 Å². The van der Waals surface area contributed by atoms with E-state index in [1.165, 1.54) is 5.56 Å². The number of ether oxygens (including phenoxy) is 1. The number of benzene rings is 1. The second-order valence-corrected chi connectivity index (χ2v) is 7.02. The molecule has 0 fully saturated rings. The Morgan fingerprint density at radius 1 is 1.14 bits per heavy atom. The van der Waals surface area contributed by atoms with Crippen LogP contribution in [0.4, 0.5) is 10.5 Å². The highest BCUT2D eigenvalue weighted by molar-refractivity contribution is 5.68. The van der Waals surface area contributed by atoms with Crippen molar-refractivity contribution in [3.8, 4) is 0 Å². The maximum Gasteiger partial charge on any atom is 0.407 e. The molecule has 0 radical (unpaired) electrons. The molecule has 0 saturated heterocycles. The normalized spacial score (nSPS) is 11.3. The molecule has 4 heteroatoms. The number of nitrogens with one attached hydrogen (secondary N) is 1. The third-order valence-electron chi connectivity index (χ3n) is 2.76. The predicted octanol–water partition coefficient (Wildman–Crippen LogP) is 4.62. The van der Waals surface area contributed by atoms with E-state index in [1.54, 1.807) is 0 Å². The van der Waals surface area contributed by atoms with Gasteiger partial charge in [-0.25, -0.2) is 4.79 Å². The van der Waals surface area contributed by atoms with Crippen LogP contribution in [0.2, 0.25) is 0 Å². The van der Waals surface area contributed by atoms with Crippen molar-refractivity contribution < 1.29 is 9.53 Å². The summed E-state index contributed by atoms with van der Waals surface area (Å²) in [5, 5.41) is 2.78. The van der Waals surface area contributed by atoms with E-state index in [0.29, 0.717) is 12.2 Å². The van der Waals surface area contributed by atoms with Gasteiger partial charge in [-0.15, -0.1) is 0 Å². The van der Waals surface area contributed by atoms with Gasteiger partial charge in [0.2, 0.25) is 0 Å². The van der Waals surface area contributed by atoms with Crippen LogP contribution in [0.25, 0.3) is 0 Å². The van der Waals surface area contributed by atoms with Crippen LogP contribution in [0.15, 0.2) is 18.2 Å². The van der Waals surface area contributed by atoms with Crippen molar-refractivity contribution in [1.29, 1.82) is 0 Å². The zero-order chi connectivity index (χ0) is 17.6. The Morgan fingerprint density at radius 3 is 2.14 bits per heavy atom. The minimum absolute atomic E-state index is 0.00134. The van der Waals surface area contributed by atoms with E-state index < -0.39 is 11.7 Å². The molecule has 0 aliphatic rings. The highest BCUT2D eigenvalue weighted by Crippen LogP contribution is 2.27. The van der Waals surface area contributed by atoms with Crippen molar-refractivity contribution in [3.05, 3.63) is 29.3 Å². The van der Waals surface area contributed by atoms with E-state index in [4.69, 9.17) is 10.5 Å². The smallest absolute Gasteiger partial charge is 0.407 e. The molecule has 4 nitrogen and oxygen atoms in total. The SMILES string of the molecule is CC.CC(C)(C)OC(=O)NCc1cc(N)ccc1C(C)(C)C. The fourth-order valence-electron chi connectivity index (χ4n) is 1.97. The van der Waals surface area contributed by atoms with Gasteiger partial charge in [-0.3, -0.25) is 0 Å². The van der Waals surface area contributed by atoms with Gasteiger partial charge in [-0.1, -0.05) is 40.7 Å². The van der Waals surface area contributed by atoms with Gasteiger partial charge in [-0.2, -0.15) is 0 Å². The number of anilines is 1. The maximum atomic E-state index is 11.7. The Balaban J connectivity index is 0.00000211. The van der Waals surface area contributed by atoms with Gasteiger partial charge in [0.1, 0.15) is 5.60 Å². The average Bonchev–Trinajstić information content (AvgIpc) is 2.35. The second-order valence-electron chi connectivity index (χ2n) is 7.02. The molecule has 1 rings (SSSR count). The fraction of sp³-hybridized carbons (Fsp3) is 0.611. The molecule has 22 heavy (non-hydrogen) atoms. The summed E-state index contributed by atoms with van der Waals surface area (Å²) >= 11 is 0. The van der Waals surface area contributed by atoms with Gasteiger partial charge in [0.25, 0.3) is 0 Å². The molecule has 0 unspecified atom stereocenters. The number of rotatable bonds is 2. The zero-order valence-corrected chi connectivity index (χ0v) is 15.3. The first-order valence-electron chi connectivity index (χ1n) is 7.85. The molecule has 1 aromatic carbocycles. The Bertz CT molecular complexity index is 483. The van der Waals surface area contributed by atoms with Crippen LogP contribution in [0.5, 0.6) is 0 Å². The van der Waals surface area contributed by atoms with Gasteiger partial charge in [0, 0.05) is 12.2 Å². The van der Waals surface area contributed by atoms with Gasteiger partial charge >= 0.3 is 6.09 Å². The molecule has 0 bridgehead atoms. The molecule has 0 aromatic heterocycles. The van der Waals surface area contributed by atoms with Crippen LogP contribution in [-0.4, -0.2) is 11.7 Å². The lowest BCUT2D eigenvalue weighted by Gasteiger charge is -2.24. The summed E-state index contributed by atoms with van der Waals surface area (Å²) in [5.74, 6) is 0. The van der Waals surface area contributed by atoms with Gasteiger partial charge in [-0.05, 0) is 49.4 Å². The lowest BCUT2D eigenvalue weighted by molar-refractivity contribution is 0.0523. The van der Waals surface area contributed by atoms with Crippen LogP contribution in [0, 0.1) is 0 Å². The van der Waals surface area contributed by atoms with Crippen LogP contribution < -0.4 is 11.1 Å². The molecule has 0 spiro atoms. The van der Waals surface area contributed by atoms with Crippen LogP contribution in [0.3, 0.4) is 0 Å². The number of nitrogens with two attached hydrogens (primary N) is 1. The topological polar surface area (TPSA) is 64.3 Å². The summed E-state index contributed by atoms with van der Waals surface area (Å²) in [4.78, 5) is 11.7. The highest BCUT2D eigenvalue weighted by atomic mass is 16.6. The predicted molar refractivity (Wildman–Crippen MR) is 94.0 cm³/mol. The molecule has 0 saturated carbocycles. The minimum atomic E-state index is -0.493. The number of hydrogen-bond donors (Lipinski definition) is 2. The van der Waals surface area contributed by atoms with Crippen molar-refractivity contribution in [2.24, 2.45) is 0 Å². The van der Waals surface area contributed by atoms with E-state index in [1.807, 2.05) is 52.8 Å². The molecule has 3 N–H and O–H groups in total. The van der Waals surface area contributed by atoms with Gasteiger partial charge in [0.15, 0.2) is 0 Å². The summed E-state index contributed by atoms with van der Waals surface area (Å²) in [7, 11) is 0. The number of hydrogen-bond acceptors (Lipinski definition) is 3. The molecule has 0 aliphatic heterocycles. The minimum Gasteiger partial charge on any atom is -0.444 e. The highest BCUT2D eigenvalue weighted by Gasteiger charge is 2.20. The average molecular weight is 308 g/mol. The lowest BCUT2D eigenvalue weighted by Crippen LogP contribution is -2.32. The third kappa shape index (κ3) is 7.34. The molecule has 1 amide bonds. The van der Waals surface area contributed by atoms with Crippen molar-refractivity contribution in [1.82, 2.24) is 5.32 Å². The number of amides is 1. The summed E-state index contributed by atoms with van der Waals surface area (Å²) in [6, 6.07) is 5.80. The maximum absolute atomic E-state index is 11.7. The monoisotopic (exact) mass is 308 g/mol. The molecular weight excluding hydrogens is 276 g/mol. The summed E-state index contributed by atoms with van der Waals surface area (Å²) in [6.45, 7) is 16.3. The van der Waals surface area contributed by atoms with E-state index in [0.717, 1.165) is 5.56 Å². The molecule has 0 aliphatic carbocycles. The fourth-order valence-corrected chi connectivity index (χ4v) is 1.97. The first-order chi connectivity index (χ1) is 9.99. The number of alkyl carbamates (subject to hydrolysis) is 1. The Morgan fingerprint density at radius 2 is 1.68 bits per heavy atom. The van der Waals surface area contributed by atoms with E-state index >= 15 is 0 Å². The third-order valence-corrected chi connectivity index (χ3v) is 2.76. The van der Waals surface area contributed by atoms with Gasteiger partial charge in [0.05, 0.1) is 0 Å². The molecule has 126 valence electrons. The first kappa shape index (κ1) is 20.3. The van der Waals surface area contributed by atoms with Crippen LogP contribution in [-0.2, 0) is 16.7 Å². The van der Waals surface area contributed by atoms with Crippen molar-refractivity contribution >= 4 is 11.8 Å². The summed E-state index contributed by atoms with van der Waals surface area (Å²) in [5.41, 5.74) is 8.22. The molecule has 0 heterocycles. The standard InChI is InChI=1S/C16H26N2O2.C2H6/c1-15(2,3)13-8-7-12(17)9-11(13)10-18-14(19)20-16(4,5)6;1-2/h7-9H,10,17H2,1-6H3,(H,18,19);1-2H3. The quantitative estimate of drug-likeness (QED) is 0.784. The Kier molecular flexibility index (Phi) is 7.44. The van der Waals surface area contributed by atoms with E-state index in [2.05, 4.69) is 26.1 Å². The van der Waals surface area contributed by atoms with Gasteiger partial charge < -0.3 is 15.8 Å². The van der Waals surface area contributed by atoms with Crippen LogP contribution in [0.1, 0.15) is 66.5 Å². The molecular formula is C18H32N2O2. The lowest BCUT2D eigenvalue weighted by atomic mass is 9.83. The zero-order valence-electron chi connectivity index (χ0n) is 15.3. The Hall–Kier alpha value is -1.71. The number of carbonyl (C=O) groups excluding carboxylic acids is 1. The number of nitrogen functional groups attached to an aromatic ring is 1. The second kappa shape index (κ2) is 8.06. The van der Waals surface area contributed by atoms with Crippen molar-refractivity contribution in [2.75, 3.05) is 5.73 Å². The molecule has 0 atom stereocenters. The largest absolute Gasteiger partial charge is 0.444 e.